The molecule has 64 valence electrons. The van der Waals surface area contributed by atoms with Crippen molar-refractivity contribution in [1.82, 2.24) is 16.2 Å². The second-order valence-electron chi connectivity index (χ2n) is 2.43. The Balaban J connectivity index is 3.45. The van der Waals surface area contributed by atoms with Crippen molar-refractivity contribution >= 4 is 11.9 Å². The summed E-state index contributed by atoms with van der Waals surface area (Å²) >= 11 is 0. The van der Waals surface area contributed by atoms with E-state index in [1.807, 2.05) is 13.8 Å². The topological polar surface area (TPSA) is 70.2 Å². The van der Waals surface area contributed by atoms with Crippen LogP contribution in [0.1, 0.15) is 20.8 Å². The van der Waals surface area contributed by atoms with E-state index in [2.05, 4.69) is 16.2 Å². The molecule has 5 nitrogen and oxygen atoms in total. The lowest BCUT2D eigenvalue weighted by Gasteiger charge is -2.09. The Morgan fingerprint density at radius 3 is 2.09 bits per heavy atom. The fourth-order valence-electron chi connectivity index (χ4n) is 0.443. The molecule has 11 heavy (non-hydrogen) atoms. The minimum Gasteiger partial charge on any atom is -0.335 e. The first-order chi connectivity index (χ1) is 5.02. The van der Waals surface area contributed by atoms with Crippen LogP contribution in [0.4, 0.5) is 4.79 Å². The van der Waals surface area contributed by atoms with Crippen molar-refractivity contribution in [2.75, 3.05) is 0 Å². The second kappa shape index (κ2) is 4.54. The summed E-state index contributed by atoms with van der Waals surface area (Å²) in [4.78, 5) is 21.0. The minimum atomic E-state index is -0.407. The molecular weight excluding hydrogens is 146 g/mol. The van der Waals surface area contributed by atoms with E-state index in [0.29, 0.717) is 0 Å². The molecule has 3 amide bonds. The molecule has 0 aliphatic carbocycles. The van der Waals surface area contributed by atoms with Crippen LogP contribution < -0.4 is 16.2 Å². The summed E-state index contributed by atoms with van der Waals surface area (Å²) in [7, 11) is 0. The lowest BCUT2D eigenvalue weighted by atomic mass is 10.4. The highest BCUT2D eigenvalue weighted by molar-refractivity contribution is 5.79. The summed E-state index contributed by atoms with van der Waals surface area (Å²) in [6, 6.07) is -0.348. The number of carbonyl (C=O) groups is 2. The predicted molar refractivity (Wildman–Crippen MR) is 40.6 cm³/mol. The maximum atomic E-state index is 10.7. The number of urea groups is 1. The van der Waals surface area contributed by atoms with Gasteiger partial charge in [-0.25, -0.2) is 10.2 Å². The fraction of sp³-hybridized carbons (Fsp3) is 0.667. The Morgan fingerprint density at radius 2 is 1.73 bits per heavy atom. The van der Waals surface area contributed by atoms with Crippen molar-refractivity contribution in [2.45, 2.75) is 26.8 Å². The predicted octanol–water partition coefficient (Wildman–Crippen LogP) is -0.255. The van der Waals surface area contributed by atoms with Gasteiger partial charge in [-0.05, 0) is 13.8 Å². The number of amides is 3. The highest BCUT2D eigenvalue weighted by atomic mass is 16.2. The molecule has 0 atom stereocenters. The van der Waals surface area contributed by atoms with Crippen LogP contribution in [-0.4, -0.2) is 18.0 Å². The molecule has 0 bridgehead atoms. The molecular formula is C6H13N3O2. The summed E-state index contributed by atoms with van der Waals surface area (Å²) in [5.74, 6) is -0.302. The van der Waals surface area contributed by atoms with Crippen LogP contribution in [-0.2, 0) is 4.79 Å². The second-order valence-corrected chi connectivity index (χ2v) is 2.43. The van der Waals surface area contributed by atoms with Crippen molar-refractivity contribution < 1.29 is 9.59 Å². The number of hydrazine groups is 1. The van der Waals surface area contributed by atoms with Gasteiger partial charge < -0.3 is 5.32 Å². The van der Waals surface area contributed by atoms with Crippen molar-refractivity contribution in [3.05, 3.63) is 0 Å². The van der Waals surface area contributed by atoms with E-state index < -0.39 is 6.03 Å². The van der Waals surface area contributed by atoms with Gasteiger partial charge in [-0.3, -0.25) is 10.2 Å². The van der Waals surface area contributed by atoms with Gasteiger partial charge in [0.05, 0.1) is 0 Å². The molecule has 0 aromatic carbocycles. The Kier molecular flexibility index (Phi) is 4.02. The van der Waals surface area contributed by atoms with E-state index in [-0.39, 0.29) is 11.9 Å². The zero-order valence-corrected chi connectivity index (χ0v) is 6.89. The molecule has 0 rings (SSSR count). The molecule has 0 radical (unpaired) electrons. The highest BCUT2D eigenvalue weighted by Gasteiger charge is 2.00. The summed E-state index contributed by atoms with van der Waals surface area (Å²) in [6.45, 7) is 4.97. The van der Waals surface area contributed by atoms with Crippen LogP contribution in [0.25, 0.3) is 0 Å². The number of hydrogen-bond donors (Lipinski definition) is 3. The van der Waals surface area contributed by atoms with E-state index in [4.69, 9.17) is 0 Å². The molecule has 0 aromatic heterocycles. The smallest absolute Gasteiger partial charge is 0.333 e. The molecule has 0 unspecified atom stereocenters. The van der Waals surface area contributed by atoms with Gasteiger partial charge in [0, 0.05) is 13.0 Å². The summed E-state index contributed by atoms with van der Waals surface area (Å²) in [5.41, 5.74) is 4.31. The van der Waals surface area contributed by atoms with Crippen molar-refractivity contribution in [3.8, 4) is 0 Å². The van der Waals surface area contributed by atoms with Crippen LogP contribution in [0.2, 0.25) is 0 Å². The normalized spacial score (nSPS) is 9.09. The van der Waals surface area contributed by atoms with Gasteiger partial charge >= 0.3 is 6.03 Å². The third-order valence-electron chi connectivity index (χ3n) is 0.772. The quantitative estimate of drug-likeness (QED) is 0.461. The van der Waals surface area contributed by atoms with Crippen molar-refractivity contribution in [3.63, 3.8) is 0 Å². The van der Waals surface area contributed by atoms with Crippen LogP contribution in [0, 0.1) is 0 Å². The lowest BCUT2D eigenvalue weighted by molar-refractivity contribution is -0.119. The molecule has 3 N–H and O–H groups in total. The Labute approximate surface area is 65.5 Å². The third kappa shape index (κ3) is 6.63. The number of rotatable bonds is 1. The van der Waals surface area contributed by atoms with Gasteiger partial charge in [-0.1, -0.05) is 0 Å². The zero-order valence-electron chi connectivity index (χ0n) is 6.89. The Bertz CT molecular complexity index is 156. The molecule has 0 aliphatic rings. The van der Waals surface area contributed by atoms with Gasteiger partial charge in [-0.2, -0.15) is 0 Å². The SMILES string of the molecule is CC(=O)NNC(=O)NC(C)C. The molecule has 5 heteroatoms. The van der Waals surface area contributed by atoms with Crippen LogP contribution in [0.5, 0.6) is 0 Å². The molecule has 0 aliphatic heterocycles. The number of nitrogens with one attached hydrogen (secondary N) is 3. The van der Waals surface area contributed by atoms with Gasteiger partial charge in [-0.15, -0.1) is 0 Å². The first-order valence-corrected chi connectivity index (χ1v) is 3.35. The molecule has 0 saturated heterocycles. The Hall–Kier alpha value is -1.26. The first-order valence-electron chi connectivity index (χ1n) is 3.35. The Morgan fingerprint density at radius 1 is 1.18 bits per heavy atom. The maximum absolute atomic E-state index is 10.7. The van der Waals surface area contributed by atoms with E-state index in [1.165, 1.54) is 6.92 Å². The van der Waals surface area contributed by atoms with E-state index >= 15 is 0 Å². The number of hydrogen-bond acceptors (Lipinski definition) is 2. The molecule has 0 spiro atoms. The van der Waals surface area contributed by atoms with Crippen LogP contribution in [0.15, 0.2) is 0 Å². The number of carbonyl (C=O) groups excluding carboxylic acids is 2. The largest absolute Gasteiger partial charge is 0.335 e. The van der Waals surface area contributed by atoms with E-state index in [9.17, 15) is 9.59 Å². The molecule has 0 heterocycles. The summed E-state index contributed by atoms with van der Waals surface area (Å²) in [6.07, 6.45) is 0. The van der Waals surface area contributed by atoms with Gasteiger partial charge in [0.15, 0.2) is 0 Å². The van der Waals surface area contributed by atoms with E-state index in [0.717, 1.165) is 0 Å². The van der Waals surface area contributed by atoms with Crippen molar-refractivity contribution in [2.24, 2.45) is 0 Å². The summed E-state index contributed by atoms with van der Waals surface area (Å²) < 4.78 is 0. The average molecular weight is 159 g/mol. The van der Waals surface area contributed by atoms with Crippen molar-refractivity contribution in [1.29, 1.82) is 0 Å². The van der Waals surface area contributed by atoms with E-state index in [1.54, 1.807) is 0 Å². The molecule has 0 aromatic rings. The monoisotopic (exact) mass is 159 g/mol. The average Bonchev–Trinajstić information content (AvgIpc) is 1.82. The van der Waals surface area contributed by atoms with Crippen LogP contribution in [0.3, 0.4) is 0 Å². The lowest BCUT2D eigenvalue weighted by Crippen LogP contribution is -2.48. The first kappa shape index (κ1) is 9.74. The zero-order chi connectivity index (χ0) is 8.85. The highest BCUT2D eigenvalue weighted by Crippen LogP contribution is 1.73. The van der Waals surface area contributed by atoms with Gasteiger partial charge in [0.25, 0.3) is 0 Å². The summed E-state index contributed by atoms with van der Waals surface area (Å²) in [5, 5.41) is 2.53. The fourth-order valence-corrected chi connectivity index (χ4v) is 0.443. The van der Waals surface area contributed by atoms with Gasteiger partial charge in [0.2, 0.25) is 5.91 Å². The standard InChI is InChI=1S/C6H13N3O2/c1-4(2)7-6(11)9-8-5(3)10/h4H,1-3H3,(H,8,10)(H2,7,9,11). The third-order valence-corrected chi connectivity index (χ3v) is 0.772. The maximum Gasteiger partial charge on any atom is 0.333 e. The van der Waals surface area contributed by atoms with Crippen LogP contribution >= 0.6 is 0 Å². The molecule has 0 fully saturated rings. The minimum absolute atomic E-state index is 0.0590. The van der Waals surface area contributed by atoms with Gasteiger partial charge in [0.1, 0.15) is 0 Å². The molecule has 0 saturated carbocycles.